The Balaban J connectivity index is 1.45. The number of benzene rings is 3. The predicted molar refractivity (Wildman–Crippen MR) is 119 cm³/mol. The summed E-state index contributed by atoms with van der Waals surface area (Å²) in [6.45, 7) is 0.0762. The first-order chi connectivity index (χ1) is 15.7. The highest BCUT2D eigenvalue weighted by Crippen LogP contribution is 2.29. The minimum absolute atomic E-state index is 0.307. The second-order valence-corrected chi connectivity index (χ2v) is 6.99. The van der Waals surface area contributed by atoms with Crippen molar-refractivity contribution in [1.82, 2.24) is 15.4 Å². The molecular formula is C25H22N3O4-. The molecule has 0 spiro atoms. The maximum atomic E-state index is 12.1. The van der Waals surface area contributed by atoms with Crippen molar-refractivity contribution < 1.29 is 19.5 Å². The number of hydrogen-bond acceptors (Lipinski definition) is 6. The Kier molecular flexibility index (Phi) is 6.91. The molecule has 0 fully saturated rings. The van der Waals surface area contributed by atoms with Gasteiger partial charge in [0.15, 0.2) is 0 Å². The van der Waals surface area contributed by atoms with Crippen LogP contribution in [0.3, 0.4) is 0 Å². The van der Waals surface area contributed by atoms with Crippen LogP contribution in [-0.2, 0) is 11.4 Å². The van der Waals surface area contributed by atoms with Crippen LogP contribution in [0.25, 0.3) is 11.3 Å². The molecule has 0 amide bonds. The summed E-state index contributed by atoms with van der Waals surface area (Å²) in [5, 5.41) is 9.75. The van der Waals surface area contributed by atoms with Crippen molar-refractivity contribution in [2.24, 2.45) is 0 Å². The SMILES string of the molecule is O=C(ON[C@@H](CO)c1nc(-c2ccccc2OCc2ccccc2)c[n-]1)c1ccccc1. The van der Waals surface area contributed by atoms with Gasteiger partial charge in [0.2, 0.25) is 0 Å². The van der Waals surface area contributed by atoms with Crippen molar-refractivity contribution >= 4 is 5.97 Å². The molecule has 162 valence electrons. The molecule has 0 bridgehead atoms. The van der Waals surface area contributed by atoms with Crippen molar-refractivity contribution in [2.45, 2.75) is 12.6 Å². The Bertz CT molecular complexity index is 1150. The molecule has 32 heavy (non-hydrogen) atoms. The van der Waals surface area contributed by atoms with Crippen LogP contribution in [0.15, 0.2) is 91.1 Å². The van der Waals surface area contributed by atoms with Gasteiger partial charge in [-0.3, -0.25) is 0 Å². The molecule has 0 saturated carbocycles. The van der Waals surface area contributed by atoms with E-state index >= 15 is 0 Å². The summed E-state index contributed by atoms with van der Waals surface area (Å²) in [5.74, 6) is 0.420. The number of aliphatic hydroxyl groups excluding tert-OH is 1. The molecule has 0 aliphatic rings. The lowest BCUT2D eigenvalue weighted by molar-refractivity contribution is 0.00712. The van der Waals surface area contributed by atoms with E-state index in [0.717, 1.165) is 11.1 Å². The summed E-state index contributed by atoms with van der Waals surface area (Å²) in [4.78, 5) is 26.0. The Morgan fingerprint density at radius 3 is 2.41 bits per heavy atom. The van der Waals surface area contributed by atoms with Gasteiger partial charge in [0.25, 0.3) is 0 Å². The van der Waals surface area contributed by atoms with Gasteiger partial charge in [-0.2, -0.15) is 0 Å². The first-order valence-corrected chi connectivity index (χ1v) is 10.1. The van der Waals surface area contributed by atoms with Crippen molar-refractivity contribution in [2.75, 3.05) is 6.61 Å². The quantitative estimate of drug-likeness (QED) is 0.393. The number of hydroxylamine groups is 1. The highest BCUT2D eigenvalue weighted by Gasteiger charge is 2.13. The summed E-state index contributed by atoms with van der Waals surface area (Å²) in [6, 6.07) is 25.2. The van der Waals surface area contributed by atoms with Crippen molar-refractivity contribution in [3.8, 4) is 17.0 Å². The van der Waals surface area contributed by atoms with E-state index in [1.165, 1.54) is 0 Å². The predicted octanol–water partition coefficient (Wildman–Crippen LogP) is 3.68. The van der Waals surface area contributed by atoms with E-state index in [0.29, 0.717) is 29.4 Å². The molecule has 0 aliphatic carbocycles. The number of carbonyl (C=O) groups excluding carboxylic acids is 1. The van der Waals surface area contributed by atoms with Crippen LogP contribution in [-0.4, -0.2) is 22.7 Å². The molecule has 1 heterocycles. The molecule has 4 rings (SSSR count). The summed E-state index contributed by atoms with van der Waals surface area (Å²) in [6.07, 6.45) is 1.60. The average Bonchev–Trinajstić information content (AvgIpc) is 3.34. The van der Waals surface area contributed by atoms with Gasteiger partial charge in [0.05, 0.1) is 18.2 Å². The van der Waals surface area contributed by atoms with E-state index in [-0.39, 0.29) is 6.61 Å². The highest BCUT2D eigenvalue weighted by molar-refractivity contribution is 5.89. The van der Waals surface area contributed by atoms with Gasteiger partial charge >= 0.3 is 5.97 Å². The maximum Gasteiger partial charge on any atom is 0.356 e. The van der Waals surface area contributed by atoms with Gasteiger partial charge in [-0.1, -0.05) is 78.8 Å². The molecule has 0 aliphatic heterocycles. The molecule has 0 saturated heterocycles. The Labute approximate surface area is 185 Å². The average molecular weight is 428 g/mol. The van der Waals surface area contributed by atoms with E-state index in [9.17, 15) is 9.90 Å². The first-order valence-electron chi connectivity index (χ1n) is 10.1. The molecule has 4 aromatic rings. The topological polar surface area (TPSA) is 94.8 Å². The fourth-order valence-corrected chi connectivity index (χ4v) is 3.07. The van der Waals surface area contributed by atoms with Gasteiger partial charge in [0, 0.05) is 5.56 Å². The second kappa shape index (κ2) is 10.4. The molecule has 7 heteroatoms. The third-order valence-corrected chi connectivity index (χ3v) is 4.75. The van der Waals surface area contributed by atoms with Crippen LogP contribution in [0.1, 0.15) is 27.8 Å². The Morgan fingerprint density at radius 2 is 1.66 bits per heavy atom. The van der Waals surface area contributed by atoms with E-state index < -0.39 is 12.0 Å². The zero-order valence-corrected chi connectivity index (χ0v) is 17.2. The zero-order chi connectivity index (χ0) is 22.2. The Hall–Kier alpha value is -3.94. The number of imidazole rings is 1. The number of rotatable bonds is 9. The number of para-hydroxylation sites is 1. The minimum Gasteiger partial charge on any atom is -0.488 e. The van der Waals surface area contributed by atoms with Crippen molar-refractivity contribution in [3.63, 3.8) is 0 Å². The van der Waals surface area contributed by atoms with Gasteiger partial charge in [-0.15, -0.1) is 5.48 Å². The van der Waals surface area contributed by atoms with Crippen molar-refractivity contribution in [3.05, 3.63) is 108 Å². The lowest BCUT2D eigenvalue weighted by Crippen LogP contribution is -2.28. The van der Waals surface area contributed by atoms with Crippen LogP contribution in [0.5, 0.6) is 5.75 Å². The van der Waals surface area contributed by atoms with E-state index in [1.54, 1.807) is 30.5 Å². The van der Waals surface area contributed by atoms with Crippen LogP contribution < -0.4 is 15.2 Å². The molecule has 7 nitrogen and oxygen atoms in total. The van der Waals surface area contributed by atoms with Gasteiger partial charge < -0.3 is 24.6 Å². The van der Waals surface area contributed by atoms with Crippen LogP contribution in [0.4, 0.5) is 0 Å². The molecule has 0 unspecified atom stereocenters. The van der Waals surface area contributed by atoms with Crippen LogP contribution in [0.2, 0.25) is 0 Å². The lowest BCUT2D eigenvalue weighted by atomic mass is 10.1. The van der Waals surface area contributed by atoms with E-state index in [2.05, 4.69) is 15.4 Å². The number of nitrogens with zero attached hydrogens (tertiary/aromatic N) is 2. The van der Waals surface area contributed by atoms with Crippen molar-refractivity contribution in [1.29, 1.82) is 0 Å². The molecule has 1 aromatic heterocycles. The number of ether oxygens (including phenoxy) is 1. The second-order valence-electron chi connectivity index (χ2n) is 6.99. The summed E-state index contributed by atoms with van der Waals surface area (Å²) >= 11 is 0. The first kappa shape index (κ1) is 21.3. The molecule has 1 atom stereocenters. The summed E-state index contributed by atoms with van der Waals surface area (Å²) in [5.41, 5.74) is 5.38. The number of hydrogen-bond donors (Lipinski definition) is 2. The summed E-state index contributed by atoms with van der Waals surface area (Å²) < 4.78 is 6.00. The van der Waals surface area contributed by atoms with Gasteiger partial charge in [-0.25, -0.2) is 4.79 Å². The number of aromatic nitrogens is 2. The molecule has 0 radical (unpaired) electrons. The lowest BCUT2D eigenvalue weighted by Gasteiger charge is -2.18. The van der Waals surface area contributed by atoms with Crippen LogP contribution >= 0.6 is 0 Å². The summed E-state index contributed by atoms with van der Waals surface area (Å²) in [7, 11) is 0. The molecule has 2 N–H and O–H groups in total. The molecular weight excluding hydrogens is 406 g/mol. The molecule has 3 aromatic carbocycles. The van der Waals surface area contributed by atoms with E-state index in [4.69, 9.17) is 9.57 Å². The largest absolute Gasteiger partial charge is 0.488 e. The number of carbonyl (C=O) groups is 1. The minimum atomic E-state index is -0.770. The van der Waals surface area contributed by atoms with Crippen LogP contribution in [0, 0.1) is 0 Å². The number of nitrogens with one attached hydrogen (secondary N) is 1. The third-order valence-electron chi connectivity index (χ3n) is 4.75. The number of aliphatic hydroxyl groups is 1. The van der Waals surface area contributed by atoms with Gasteiger partial charge in [0.1, 0.15) is 12.4 Å². The monoisotopic (exact) mass is 428 g/mol. The fraction of sp³-hybridized carbons (Fsp3) is 0.120. The standard InChI is InChI=1S/C25H22N3O4/c29-16-22(28-32-25(30)19-11-5-2-6-12-19)24-26-15-21(27-24)20-13-7-8-14-23(20)31-17-18-9-3-1-4-10-18/h1-15,22,28-29H,16-17H2/q-1/t22-/m0/s1. The third kappa shape index (κ3) is 5.21. The Morgan fingerprint density at radius 1 is 0.969 bits per heavy atom. The smallest absolute Gasteiger partial charge is 0.356 e. The normalized spacial score (nSPS) is 11.7. The highest BCUT2D eigenvalue weighted by atomic mass is 16.7. The van der Waals surface area contributed by atoms with Gasteiger partial charge in [-0.05, 0) is 29.5 Å². The van der Waals surface area contributed by atoms with E-state index in [1.807, 2.05) is 60.7 Å². The fourth-order valence-electron chi connectivity index (χ4n) is 3.07. The maximum absolute atomic E-state index is 12.1. The zero-order valence-electron chi connectivity index (χ0n) is 17.2.